The van der Waals surface area contributed by atoms with Crippen molar-refractivity contribution >= 4 is 59.0 Å². The predicted octanol–water partition coefficient (Wildman–Crippen LogP) is 3.79. The van der Waals surface area contributed by atoms with Gasteiger partial charge >= 0.3 is 0 Å². The van der Waals surface area contributed by atoms with Crippen LogP contribution in [0.4, 0.5) is 5.82 Å². The monoisotopic (exact) mass is 515 g/mol. The van der Waals surface area contributed by atoms with E-state index in [4.69, 9.17) is 27.9 Å². The van der Waals surface area contributed by atoms with Gasteiger partial charge in [0.2, 0.25) is 0 Å². The number of guanidine groups is 1. The van der Waals surface area contributed by atoms with Gasteiger partial charge in [-0.3, -0.25) is 4.99 Å². The molecule has 9 heteroatoms. The molecule has 0 radical (unpaired) electrons. The average Bonchev–Trinajstić information content (AvgIpc) is 2.56. The van der Waals surface area contributed by atoms with Gasteiger partial charge in [0.05, 0.1) is 10.0 Å². The third-order valence-electron chi connectivity index (χ3n) is 4.62. The van der Waals surface area contributed by atoms with Gasteiger partial charge in [0.25, 0.3) is 0 Å². The maximum absolute atomic E-state index is 6.09. The lowest BCUT2D eigenvalue weighted by molar-refractivity contribution is 0.0732. The lowest BCUT2D eigenvalue weighted by Crippen LogP contribution is -2.47. The molecule has 6 nitrogen and oxygen atoms in total. The number of pyridine rings is 1. The van der Waals surface area contributed by atoms with Crippen molar-refractivity contribution in [1.29, 1.82) is 0 Å². The highest BCUT2D eigenvalue weighted by molar-refractivity contribution is 14.0. The predicted molar refractivity (Wildman–Crippen MR) is 120 cm³/mol. The number of aliphatic imine (C=N–C) groups is 1. The van der Waals surface area contributed by atoms with Crippen molar-refractivity contribution in [3.8, 4) is 0 Å². The molecule has 1 aromatic rings. The molecular formula is C17H28Cl2IN5O. The van der Waals surface area contributed by atoms with Crippen molar-refractivity contribution in [2.24, 2.45) is 10.4 Å². The van der Waals surface area contributed by atoms with E-state index in [1.54, 1.807) is 26.4 Å². The number of nitrogens with zero attached hydrogens (tertiary/aromatic N) is 2. The topological polar surface area (TPSA) is 70.6 Å². The standard InChI is InChI=1S/C17H27Cl2N5O.HI/c1-20-16(24-12-17(4-3-5-17)6-9-25-2)22-8-7-21-15-14(19)10-13(18)11-23-15;/h10-11H,3-9,12H2,1-2H3,(H,21,23)(H2,20,22,24);1H. The number of hydrogen-bond donors (Lipinski definition) is 3. The van der Waals surface area contributed by atoms with Gasteiger partial charge < -0.3 is 20.7 Å². The summed E-state index contributed by atoms with van der Waals surface area (Å²) in [6, 6.07) is 1.67. The van der Waals surface area contributed by atoms with E-state index in [9.17, 15) is 0 Å². The first-order chi connectivity index (χ1) is 12.1. The molecule has 26 heavy (non-hydrogen) atoms. The summed E-state index contributed by atoms with van der Waals surface area (Å²) in [4.78, 5) is 8.45. The summed E-state index contributed by atoms with van der Waals surface area (Å²) < 4.78 is 5.24. The highest BCUT2D eigenvalue weighted by Gasteiger charge is 2.36. The van der Waals surface area contributed by atoms with E-state index in [0.29, 0.717) is 34.4 Å². The van der Waals surface area contributed by atoms with E-state index in [0.717, 1.165) is 25.5 Å². The molecule has 1 aliphatic carbocycles. The highest BCUT2D eigenvalue weighted by atomic mass is 127. The molecule has 1 saturated carbocycles. The second kappa shape index (κ2) is 12.0. The molecule has 0 aliphatic heterocycles. The molecule has 0 unspecified atom stereocenters. The normalized spacial score (nSPS) is 15.6. The molecule has 0 saturated heterocycles. The van der Waals surface area contributed by atoms with Gasteiger partial charge in [-0.25, -0.2) is 4.98 Å². The summed E-state index contributed by atoms with van der Waals surface area (Å²) in [5, 5.41) is 10.9. The Morgan fingerprint density at radius 2 is 2.08 bits per heavy atom. The quantitative estimate of drug-likeness (QED) is 0.202. The number of ether oxygens (including phenoxy) is 1. The molecule has 0 atom stereocenters. The van der Waals surface area contributed by atoms with Crippen LogP contribution in [0.3, 0.4) is 0 Å². The van der Waals surface area contributed by atoms with Crippen LogP contribution in [-0.2, 0) is 4.74 Å². The Kier molecular flexibility index (Phi) is 10.9. The summed E-state index contributed by atoms with van der Waals surface area (Å²) in [6.45, 7) is 3.11. The summed E-state index contributed by atoms with van der Waals surface area (Å²) in [5.74, 6) is 1.43. The summed E-state index contributed by atoms with van der Waals surface area (Å²) in [5.41, 5.74) is 0.354. The number of anilines is 1. The Morgan fingerprint density at radius 3 is 2.65 bits per heavy atom. The fourth-order valence-corrected chi connectivity index (χ4v) is 3.36. The first-order valence-electron chi connectivity index (χ1n) is 8.57. The average molecular weight is 516 g/mol. The van der Waals surface area contributed by atoms with E-state index in [1.807, 2.05) is 0 Å². The number of methoxy groups -OCH3 is 1. The van der Waals surface area contributed by atoms with E-state index in [1.165, 1.54) is 19.3 Å². The van der Waals surface area contributed by atoms with E-state index >= 15 is 0 Å². The smallest absolute Gasteiger partial charge is 0.191 e. The molecule has 1 heterocycles. The van der Waals surface area contributed by atoms with Crippen molar-refractivity contribution in [3.05, 3.63) is 22.3 Å². The number of hydrogen-bond acceptors (Lipinski definition) is 4. The summed E-state index contributed by atoms with van der Waals surface area (Å²) in [7, 11) is 3.54. The molecule has 1 fully saturated rings. The van der Waals surface area contributed by atoms with Crippen LogP contribution in [0, 0.1) is 5.41 Å². The number of aromatic nitrogens is 1. The SMILES string of the molecule is CN=C(NCCNc1ncc(Cl)cc1Cl)NCC1(CCOC)CCC1.I. The molecule has 1 aromatic heterocycles. The Morgan fingerprint density at radius 1 is 1.31 bits per heavy atom. The molecule has 2 rings (SSSR count). The Labute approximate surface area is 182 Å². The zero-order chi connectivity index (χ0) is 18.1. The van der Waals surface area contributed by atoms with Gasteiger partial charge in [0.1, 0.15) is 5.82 Å². The Balaban J connectivity index is 0.00000338. The zero-order valence-corrected chi connectivity index (χ0v) is 19.1. The van der Waals surface area contributed by atoms with Crippen molar-refractivity contribution in [3.63, 3.8) is 0 Å². The van der Waals surface area contributed by atoms with Crippen LogP contribution in [0.25, 0.3) is 0 Å². The first-order valence-corrected chi connectivity index (χ1v) is 9.32. The molecule has 0 spiro atoms. The van der Waals surface area contributed by atoms with Crippen LogP contribution in [0.15, 0.2) is 17.3 Å². The Bertz CT molecular complexity index is 584. The van der Waals surface area contributed by atoms with Crippen molar-refractivity contribution < 1.29 is 4.74 Å². The zero-order valence-electron chi connectivity index (χ0n) is 15.3. The van der Waals surface area contributed by atoms with E-state index in [2.05, 4.69) is 25.9 Å². The minimum Gasteiger partial charge on any atom is -0.385 e. The van der Waals surface area contributed by atoms with Crippen LogP contribution < -0.4 is 16.0 Å². The van der Waals surface area contributed by atoms with E-state index in [-0.39, 0.29) is 24.0 Å². The van der Waals surface area contributed by atoms with Crippen LogP contribution >= 0.6 is 47.2 Å². The lowest BCUT2D eigenvalue weighted by atomic mass is 9.67. The van der Waals surface area contributed by atoms with Gasteiger partial charge in [-0.2, -0.15) is 0 Å². The van der Waals surface area contributed by atoms with E-state index < -0.39 is 0 Å². The largest absolute Gasteiger partial charge is 0.385 e. The van der Waals surface area contributed by atoms with Crippen molar-refractivity contribution in [2.45, 2.75) is 25.7 Å². The third kappa shape index (κ3) is 7.25. The maximum atomic E-state index is 6.09. The molecule has 0 bridgehead atoms. The van der Waals surface area contributed by atoms with Crippen LogP contribution in [0.2, 0.25) is 10.0 Å². The third-order valence-corrected chi connectivity index (χ3v) is 5.12. The van der Waals surface area contributed by atoms with Crippen molar-refractivity contribution in [2.75, 3.05) is 45.7 Å². The van der Waals surface area contributed by atoms with Crippen LogP contribution in [-0.4, -0.2) is 51.3 Å². The first kappa shape index (κ1) is 23.5. The second-order valence-electron chi connectivity index (χ2n) is 6.36. The summed E-state index contributed by atoms with van der Waals surface area (Å²) >= 11 is 11.9. The van der Waals surface area contributed by atoms with Gasteiger partial charge in [0.15, 0.2) is 5.96 Å². The lowest BCUT2D eigenvalue weighted by Gasteiger charge is -2.42. The van der Waals surface area contributed by atoms with Gasteiger partial charge in [-0.1, -0.05) is 29.6 Å². The molecule has 0 amide bonds. The molecular weight excluding hydrogens is 488 g/mol. The van der Waals surface area contributed by atoms with Crippen molar-refractivity contribution in [1.82, 2.24) is 15.6 Å². The minimum absolute atomic E-state index is 0. The second-order valence-corrected chi connectivity index (χ2v) is 7.20. The molecule has 3 N–H and O–H groups in total. The number of nitrogens with one attached hydrogen (secondary N) is 3. The molecule has 148 valence electrons. The maximum Gasteiger partial charge on any atom is 0.191 e. The van der Waals surface area contributed by atoms with Gasteiger partial charge in [-0.05, 0) is 30.7 Å². The van der Waals surface area contributed by atoms with Crippen LogP contribution in [0.5, 0.6) is 0 Å². The minimum atomic E-state index is 0. The highest BCUT2D eigenvalue weighted by Crippen LogP contribution is 2.43. The van der Waals surface area contributed by atoms with Crippen LogP contribution in [0.1, 0.15) is 25.7 Å². The Hall–Kier alpha value is -0.510. The fourth-order valence-electron chi connectivity index (χ4n) is 2.91. The number of rotatable bonds is 9. The molecule has 1 aliphatic rings. The van der Waals surface area contributed by atoms with Gasteiger partial charge in [0, 0.05) is 46.6 Å². The molecule has 0 aromatic carbocycles. The number of halogens is 3. The fraction of sp³-hybridized carbons (Fsp3) is 0.647. The van der Waals surface area contributed by atoms with Gasteiger partial charge in [-0.15, -0.1) is 24.0 Å². The summed E-state index contributed by atoms with van der Waals surface area (Å²) in [6.07, 6.45) is 6.47.